The largest absolute Gasteiger partial charge is 0.461 e. The van der Waals surface area contributed by atoms with E-state index >= 15 is 0 Å². The highest BCUT2D eigenvalue weighted by atomic mass is 32.1. The summed E-state index contributed by atoms with van der Waals surface area (Å²) in [5.74, 6) is 2.81. The molecule has 0 saturated heterocycles. The van der Waals surface area contributed by atoms with Crippen LogP contribution >= 0.6 is 11.3 Å². The van der Waals surface area contributed by atoms with Crippen molar-refractivity contribution in [2.24, 2.45) is 4.99 Å². The van der Waals surface area contributed by atoms with Crippen molar-refractivity contribution in [3.63, 3.8) is 0 Å². The Morgan fingerprint density at radius 1 is 1.38 bits per heavy atom. The van der Waals surface area contributed by atoms with Crippen LogP contribution in [0.25, 0.3) is 11.6 Å². The molecular formula is C16H20N6OS. The Morgan fingerprint density at radius 2 is 2.29 bits per heavy atom. The average Bonchev–Trinajstić information content (AvgIpc) is 3.32. The molecule has 126 valence electrons. The summed E-state index contributed by atoms with van der Waals surface area (Å²) in [6, 6.07) is 5.78. The monoisotopic (exact) mass is 344 g/mol. The lowest BCUT2D eigenvalue weighted by Gasteiger charge is -2.10. The minimum atomic E-state index is 0.575. The fraction of sp³-hybridized carbons (Fsp3) is 0.312. The van der Waals surface area contributed by atoms with Crippen LogP contribution in [0.1, 0.15) is 16.3 Å². The molecule has 0 amide bonds. The zero-order valence-electron chi connectivity index (χ0n) is 13.7. The normalized spacial score (nSPS) is 11.7. The maximum atomic E-state index is 5.28. The lowest BCUT2D eigenvalue weighted by molar-refractivity contribution is 0.577. The Morgan fingerprint density at radius 3 is 3.00 bits per heavy atom. The second-order valence-electron chi connectivity index (χ2n) is 5.21. The van der Waals surface area contributed by atoms with E-state index in [1.807, 2.05) is 12.1 Å². The standard InChI is InChI=1S/C16H20N6OS/c1-11-6-9-24-13(11)10-19-16(17-2)18-7-5-14-20-15(22-21-14)12-4-3-8-23-12/h3-4,6,8-9H,5,7,10H2,1-2H3,(H2,17,18,19)(H,20,21,22). The quantitative estimate of drug-likeness (QED) is 0.472. The molecule has 8 heteroatoms. The number of hydrogen-bond donors (Lipinski definition) is 3. The van der Waals surface area contributed by atoms with Gasteiger partial charge in [0.15, 0.2) is 11.7 Å². The van der Waals surface area contributed by atoms with Crippen molar-refractivity contribution < 1.29 is 4.42 Å². The summed E-state index contributed by atoms with van der Waals surface area (Å²) in [6.07, 6.45) is 2.32. The highest BCUT2D eigenvalue weighted by Gasteiger charge is 2.08. The van der Waals surface area contributed by atoms with Crippen LogP contribution < -0.4 is 10.6 Å². The van der Waals surface area contributed by atoms with E-state index in [1.165, 1.54) is 10.4 Å². The Balaban J connectivity index is 1.45. The molecule has 0 radical (unpaired) electrons. The second-order valence-corrected chi connectivity index (χ2v) is 6.21. The molecule has 3 rings (SSSR count). The molecule has 3 aromatic heterocycles. The van der Waals surface area contributed by atoms with Gasteiger partial charge < -0.3 is 15.1 Å². The summed E-state index contributed by atoms with van der Waals surface area (Å²) < 4.78 is 5.28. The number of nitrogens with zero attached hydrogens (tertiary/aromatic N) is 3. The Labute approximate surface area is 144 Å². The van der Waals surface area contributed by atoms with Crippen molar-refractivity contribution in [2.75, 3.05) is 13.6 Å². The highest BCUT2D eigenvalue weighted by molar-refractivity contribution is 7.10. The van der Waals surface area contributed by atoms with Crippen molar-refractivity contribution >= 4 is 17.3 Å². The zero-order valence-corrected chi connectivity index (χ0v) is 14.5. The van der Waals surface area contributed by atoms with Crippen LogP contribution in [-0.4, -0.2) is 34.7 Å². The molecule has 0 fully saturated rings. The molecule has 0 aromatic carbocycles. The number of thiophene rings is 1. The SMILES string of the molecule is CN=C(NCCc1nc(-c2ccco2)n[nH]1)NCc1sccc1C. The first kappa shape index (κ1) is 16.3. The van der Waals surface area contributed by atoms with Crippen molar-refractivity contribution in [2.45, 2.75) is 19.9 Å². The summed E-state index contributed by atoms with van der Waals surface area (Å²) in [5, 5.41) is 15.8. The van der Waals surface area contributed by atoms with Crippen LogP contribution in [0.3, 0.4) is 0 Å². The maximum absolute atomic E-state index is 5.28. The first-order valence-corrected chi connectivity index (χ1v) is 8.57. The van der Waals surface area contributed by atoms with Gasteiger partial charge >= 0.3 is 0 Å². The fourth-order valence-corrected chi connectivity index (χ4v) is 3.04. The minimum Gasteiger partial charge on any atom is -0.461 e. The van der Waals surface area contributed by atoms with E-state index in [1.54, 1.807) is 24.6 Å². The summed E-state index contributed by atoms with van der Waals surface area (Å²) in [5.41, 5.74) is 1.30. The lowest BCUT2D eigenvalue weighted by atomic mass is 10.3. The number of aliphatic imine (C=N–C) groups is 1. The molecule has 3 aromatic rings. The lowest BCUT2D eigenvalue weighted by Crippen LogP contribution is -2.37. The van der Waals surface area contributed by atoms with Gasteiger partial charge in [-0.1, -0.05) is 0 Å². The van der Waals surface area contributed by atoms with E-state index in [0.717, 1.165) is 18.3 Å². The van der Waals surface area contributed by atoms with Crippen LogP contribution in [0, 0.1) is 6.92 Å². The number of aromatic amines is 1. The maximum Gasteiger partial charge on any atom is 0.216 e. The highest BCUT2D eigenvalue weighted by Crippen LogP contribution is 2.15. The van der Waals surface area contributed by atoms with Gasteiger partial charge in [0.25, 0.3) is 0 Å². The molecular weight excluding hydrogens is 324 g/mol. The van der Waals surface area contributed by atoms with Gasteiger partial charge in [-0.2, -0.15) is 5.10 Å². The van der Waals surface area contributed by atoms with E-state index in [4.69, 9.17) is 4.42 Å². The number of nitrogens with one attached hydrogen (secondary N) is 3. The zero-order chi connectivity index (χ0) is 16.8. The third kappa shape index (κ3) is 4.02. The molecule has 0 aliphatic rings. The van der Waals surface area contributed by atoms with Gasteiger partial charge in [0, 0.05) is 24.9 Å². The number of guanidine groups is 1. The first-order valence-electron chi connectivity index (χ1n) is 7.69. The van der Waals surface area contributed by atoms with Crippen LogP contribution in [0.4, 0.5) is 0 Å². The number of rotatable bonds is 6. The number of aromatic nitrogens is 3. The molecule has 0 unspecified atom stereocenters. The number of furan rings is 1. The predicted octanol–water partition coefficient (Wildman–Crippen LogP) is 2.34. The van der Waals surface area contributed by atoms with Gasteiger partial charge in [0.2, 0.25) is 5.82 Å². The Hall–Kier alpha value is -2.61. The van der Waals surface area contributed by atoms with Crippen LogP contribution in [0.2, 0.25) is 0 Å². The van der Waals surface area contributed by atoms with E-state index < -0.39 is 0 Å². The number of hydrogen-bond acceptors (Lipinski definition) is 5. The van der Waals surface area contributed by atoms with Gasteiger partial charge in [-0.3, -0.25) is 10.1 Å². The van der Waals surface area contributed by atoms with Gasteiger partial charge in [-0.25, -0.2) is 4.98 Å². The minimum absolute atomic E-state index is 0.575. The first-order chi connectivity index (χ1) is 11.8. The van der Waals surface area contributed by atoms with Crippen molar-refractivity contribution in [1.82, 2.24) is 25.8 Å². The molecule has 3 heterocycles. The van der Waals surface area contributed by atoms with Gasteiger partial charge in [-0.05, 0) is 36.1 Å². The number of aryl methyl sites for hydroxylation is 1. The average molecular weight is 344 g/mol. The molecule has 0 atom stereocenters. The van der Waals surface area contributed by atoms with Crippen molar-refractivity contribution in [3.8, 4) is 11.6 Å². The van der Waals surface area contributed by atoms with E-state index in [0.29, 0.717) is 24.6 Å². The van der Waals surface area contributed by atoms with Crippen molar-refractivity contribution in [1.29, 1.82) is 0 Å². The smallest absolute Gasteiger partial charge is 0.216 e. The molecule has 0 saturated carbocycles. The second kappa shape index (κ2) is 7.78. The van der Waals surface area contributed by atoms with Gasteiger partial charge in [0.05, 0.1) is 12.8 Å². The topological polar surface area (TPSA) is 91.1 Å². The Kier molecular flexibility index (Phi) is 5.27. The third-order valence-corrected chi connectivity index (χ3v) is 4.56. The molecule has 0 aliphatic carbocycles. The van der Waals surface area contributed by atoms with E-state index in [-0.39, 0.29) is 0 Å². The predicted molar refractivity (Wildman–Crippen MR) is 95.0 cm³/mol. The third-order valence-electron chi connectivity index (χ3n) is 3.54. The summed E-state index contributed by atoms with van der Waals surface area (Å²) in [7, 11) is 1.76. The van der Waals surface area contributed by atoms with Crippen LogP contribution in [0.15, 0.2) is 39.3 Å². The van der Waals surface area contributed by atoms with Gasteiger partial charge in [-0.15, -0.1) is 11.3 Å². The molecule has 0 aliphatic heterocycles. The fourth-order valence-electron chi connectivity index (χ4n) is 2.19. The van der Waals surface area contributed by atoms with E-state index in [9.17, 15) is 0 Å². The summed E-state index contributed by atoms with van der Waals surface area (Å²) >= 11 is 1.75. The van der Waals surface area contributed by atoms with Crippen LogP contribution in [-0.2, 0) is 13.0 Å². The number of H-pyrrole nitrogens is 1. The van der Waals surface area contributed by atoms with E-state index in [2.05, 4.69) is 49.2 Å². The summed E-state index contributed by atoms with van der Waals surface area (Å²) in [4.78, 5) is 9.96. The van der Waals surface area contributed by atoms with Crippen LogP contribution in [0.5, 0.6) is 0 Å². The summed E-state index contributed by atoms with van der Waals surface area (Å²) in [6.45, 7) is 3.59. The Bertz CT molecular complexity index is 789. The molecule has 0 spiro atoms. The molecule has 7 nitrogen and oxygen atoms in total. The molecule has 24 heavy (non-hydrogen) atoms. The molecule has 0 bridgehead atoms. The van der Waals surface area contributed by atoms with Crippen molar-refractivity contribution in [3.05, 3.63) is 46.1 Å². The molecule has 3 N–H and O–H groups in total. The van der Waals surface area contributed by atoms with Gasteiger partial charge in [0.1, 0.15) is 5.82 Å².